The number of halogens is 1. The molecule has 6 nitrogen and oxygen atoms in total. The zero-order valence-electron chi connectivity index (χ0n) is 16.7. The third kappa shape index (κ3) is 5.04. The first-order valence-corrected chi connectivity index (χ1v) is 10.8. The Hall–Kier alpha value is -1.63. The van der Waals surface area contributed by atoms with Crippen LogP contribution in [0.25, 0.3) is 0 Å². The Kier molecular flexibility index (Phi) is 6.50. The van der Waals surface area contributed by atoms with E-state index in [0.717, 1.165) is 63.0 Å². The Morgan fingerprint density at radius 1 is 1.04 bits per heavy atom. The van der Waals surface area contributed by atoms with Gasteiger partial charge in [-0.1, -0.05) is 22.8 Å². The van der Waals surface area contributed by atoms with Crippen molar-refractivity contribution < 1.29 is 4.52 Å². The second-order valence-corrected chi connectivity index (χ2v) is 8.39. The molecule has 0 unspecified atom stereocenters. The second-order valence-electron chi connectivity index (χ2n) is 7.95. The Morgan fingerprint density at radius 2 is 1.75 bits per heavy atom. The molecule has 1 aromatic heterocycles. The molecule has 7 heteroatoms. The number of hydrogen-bond acceptors (Lipinski definition) is 6. The Morgan fingerprint density at radius 3 is 2.39 bits per heavy atom. The van der Waals surface area contributed by atoms with E-state index in [1.54, 1.807) is 0 Å². The van der Waals surface area contributed by atoms with Gasteiger partial charge in [0.15, 0.2) is 5.82 Å². The lowest BCUT2D eigenvalue weighted by atomic mass is 9.96. The molecule has 0 bridgehead atoms. The third-order valence-electron chi connectivity index (χ3n) is 5.99. The Labute approximate surface area is 172 Å². The summed E-state index contributed by atoms with van der Waals surface area (Å²) in [4.78, 5) is 12.0. The minimum atomic E-state index is 0.466. The summed E-state index contributed by atoms with van der Waals surface area (Å²) in [5.41, 5.74) is 1.24. The summed E-state index contributed by atoms with van der Waals surface area (Å²) in [6.45, 7) is 10.9. The quantitative estimate of drug-likeness (QED) is 0.736. The largest absolute Gasteiger partial charge is 0.369 e. The van der Waals surface area contributed by atoms with E-state index >= 15 is 0 Å². The van der Waals surface area contributed by atoms with Crippen LogP contribution in [0, 0.1) is 6.92 Å². The third-order valence-corrected chi connectivity index (χ3v) is 6.23. The molecular weight excluding hydrogens is 374 g/mol. The van der Waals surface area contributed by atoms with E-state index in [2.05, 4.69) is 37.0 Å². The molecule has 1 aromatic carbocycles. The number of piperidine rings is 1. The summed E-state index contributed by atoms with van der Waals surface area (Å²) in [5.74, 6) is 2.04. The SMILES string of the molecule is Cc1nc(C2CCN(CCCN3CCN(c4cccc(Cl)c4)CC3)CC2)no1. The molecule has 2 aliphatic heterocycles. The molecular formula is C21H30ClN5O. The van der Waals surface area contributed by atoms with Crippen molar-refractivity contribution >= 4 is 17.3 Å². The minimum Gasteiger partial charge on any atom is -0.369 e. The van der Waals surface area contributed by atoms with Gasteiger partial charge in [0.1, 0.15) is 0 Å². The summed E-state index contributed by atoms with van der Waals surface area (Å²) in [6, 6.07) is 8.19. The normalized spacial score (nSPS) is 20.0. The highest BCUT2D eigenvalue weighted by Crippen LogP contribution is 2.26. The van der Waals surface area contributed by atoms with Crippen molar-refractivity contribution in [2.75, 3.05) is 57.3 Å². The molecule has 152 valence electrons. The maximum atomic E-state index is 6.13. The number of anilines is 1. The van der Waals surface area contributed by atoms with Crippen LogP contribution in [0.3, 0.4) is 0 Å². The zero-order valence-corrected chi connectivity index (χ0v) is 17.4. The average Bonchev–Trinajstić information content (AvgIpc) is 3.15. The van der Waals surface area contributed by atoms with Gasteiger partial charge in [-0.25, -0.2) is 0 Å². The van der Waals surface area contributed by atoms with Crippen molar-refractivity contribution in [3.63, 3.8) is 0 Å². The lowest BCUT2D eigenvalue weighted by Gasteiger charge is -2.37. The fraction of sp³-hybridized carbons (Fsp3) is 0.619. The minimum absolute atomic E-state index is 0.466. The van der Waals surface area contributed by atoms with Crippen LogP contribution < -0.4 is 4.90 Å². The van der Waals surface area contributed by atoms with Gasteiger partial charge in [0.2, 0.25) is 5.89 Å². The second kappa shape index (κ2) is 9.25. The van der Waals surface area contributed by atoms with Gasteiger partial charge in [0.05, 0.1) is 0 Å². The van der Waals surface area contributed by atoms with E-state index < -0.39 is 0 Å². The van der Waals surface area contributed by atoms with Crippen molar-refractivity contribution in [1.82, 2.24) is 19.9 Å². The predicted molar refractivity (Wildman–Crippen MR) is 112 cm³/mol. The van der Waals surface area contributed by atoms with Gasteiger partial charge < -0.3 is 14.3 Å². The lowest BCUT2D eigenvalue weighted by molar-refractivity contribution is 0.185. The van der Waals surface area contributed by atoms with E-state index in [1.165, 1.54) is 25.2 Å². The van der Waals surface area contributed by atoms with Crippen molar-refractivity contribution in [2.24, 2.45) is 0 Å². The van der Waals surface area contributed by atoms with Crippen molar-refractivity contribution in [1.29, 1.82) is 0 Å². The van der Waals surface area contributed by atoms with Crippen LogP contribution in [0.1, 0.15) is 36.9 Å². The zero-order chi connectivity index (χ0) is 19.3. The van der Waals surface area contributed by atoms with Crippen LogP contribution in [-0.2, 0) is 0 Å². The molecule has 2 saturated heterocycles. The topological polar surface area (TPSA) is 48.6 Å². The average molecular weight is 404 g/mol. The molecule has 0 aliphatic carbocycles. The fourth-order valence-corrected chi connectivity index (χ4v) is 4.50. The smallest absolute Gasteiger partial charge is 0.223 e. The maximum absolute atomic E-state index is 6.13. The highest BCUT2D eigenvalue weighted by molar-refractivity contribution is 6.30. The molecule has 0 saturated carbocycles. The molecule has 0 N–H and O–H groups in total. The molecule has 0 atom stereocenters. The number of rotatable bonds is 6. The molecule has 2 fully saturated rings. The first kappa shape index (κ1) is 19.7. The number of likely N-dealkylation sites (tertiary alicyclic amines) is 1. The molecule has 3 heterocycles. The van der Waals surface area contributed by atoms with E-state index in [4.69, 9.17) is 16.1 Å². The van der Waals surface area contributed by atoms with Gasteiger partial charge in [0.25, 0.3) is 0 Å². The highest BCUT2D eigenvalue weighted by Gasteiger charge is 2.24. The summed E-state index contributed by atoms with van der Waals surface area (Å²) in [7, 11) is 0. The highest BCUT2D eigenvalue weighted by atomic mass is 35.5. The van der Waals surface area contributed by atoms with Crippen LogP contribution in [0.4, 0.5) is 5.69 Å². The van der Waals surface area contributed by atoms with E-state index in [9.17, 15) is 0 Å². The van der Waals surface area contributed by atoms with Gasteiger partial charge in [-0.2, -0.15) is 4.98 Å². The van der Waals surface area contributed by atoms with Crippen LogP contribution in [0.2, 0.25) is 5.02 Å². The van der Waals surface area contributed by atoms with Crippen LogP contribution in [-0.4, -0.2) is 72.3 Å². The van der Waals surface area contributed by atoms with Crippen LogP contribution in [0.15, 0.2) is 28.8 Å². The van der Waals surface area contributed by atoms with Crippen molar-refractivity contribution in [2.45, 2.75) is 32.1 Å². The Balaban J connectivity index is 1.13. The van der Waals surface area contributed by atoms with E-state index in [-0.39, 0.29) is 0 Å². The van der Waals surface area contributed by atoms with Gasteiger partial charge >= 0.3 is 0 Å². The number of hydrogen-bond donors (Lipinski definition) is 0. The summed E-state index contributed by atoms with van der Waals surface area (Å²) >= 11 is 6.13. The number of benzene rings is 1. The molecule has 4 rings (SSSR count). The lowest BCUT2D eigenvalue weighted by Crippen LogP contribution is -2.47. The van der Waals surface area contributed by atoms with Crippen molar-refractivity contribution in [3.8, 4) is 0 Å². The molecule has 0 spiro atoms. The van der Waals surface area contributed by atoms with Gasteiger partial charge in [0, 0.05) is 49.7 Å². The standard InChI is InChI=1S/C21H30ClN5O/c1-17-23-21(24-28-17)18-6-10-25(11-7-18)8-3-9-26-12-14-27(15-13-26)20-5-2-4-19(22)16-20/h2,4-5,16,18H,3,6-15H2,1H3. The molecule has 2 aromatic rings. The molecule has 2 aliphatic rings. The van der Waals surface area contributed by atoms with Gasteiger partial charge in [-0.3, -0.25) is 4.90 Å². The monoisotopic (exact) mass is 403 g/mol. The van der Waals surface area contributed by atoms with Gasteiger partial charge in [-0.15, -0.1) is 0 Å². The first-order chi connectivity index (χ1) is 13.7. The number of nitrogens with zero attached hydrogens (tertiary/aromatic N) is 5. The molecule has 0 radical (unpaired) electrons. The fourth-order valence-electron chi connectivity index (χ4n) is 4.32. The van der Waals surface area contributed by atoms with E-state index in [1.807, 2.05) is 19.1 Å². The summed E-state index contributed by atoms with van der Waals surface area (Å²) < 4.78 is 5.13. The van der Waals surface area contributed by atoms with Crippen molar-refractivity contribution in [3.05, 3.63) is 41.0 Å². The van der Waals surface area contributed by atoms with Crippen LogP contribution in [0.5, 0.6) is 0 Å². The number of aryl methyl sites for hydroxylation is 1. The first-order valence-electron chi connectivity index (χ1n) is 10.4. The number of aromatic nitrogens is 2. The molecule has 0 amide bonds. The number of piperazine rings is 1. The summed E-state index contributed by atoms with van der Waals surface area (Å²) in [6.07, 6.45) is 3.51. The maximum Gasteiger partial charge on any atom is 0.223 e. The summed E-state index contributed by atoms with van der Waals surface area (Å²) in [5, 5.41) is 4.92. The Bertz CT molecular complexity index is 751. The van der Waals surface area contributed by atoms with Crippen LogP contribution >= 0.6 is 11.6 Å². The molecule has 28 heavy (non-hydrogen) atoms. The van der Waals surface area contributed by atoms with E-state index in [0.29, 0.717) is 11.8 Å². The van der Waals surface area contributed by atoms with Gasteiger partial charge in [-0.05, 0) is 63.6 Å². The predicted octanol–water partition coefficient (Wildman–Crippen LogP) is 3.42.